The molecule has 0 saturated heterocycles. The molecule has 0 atom stereocenters. The quantitative estimate of drug-likeness (QED) is 0.512. The summed E-state index contributed by atoms with van der Waals surface area (Å²) in [6, 6.07) is 12.1. The lowest BCUT2D eigenvalue weighted by molar-refractivity contribution is -0.383. The molecule has 1 aromatic heterocycles. The number of aromatic carboxylic acids is 1. The number of pyridine rings is 1. The zero-order valence-corrected chi connectivity index (χ0v) is 14.2. The molecule has 7 nitrogen and oxygen atoms in total. The maximum atomic E-state index is 12.7. The number of aromatic amines is 1. The van der Waals surface area contributed by atoms with Gasteiger partial charge >= 0.3 is 5.97 Å². The molecule has 0 spiro atoms. The molecule has 1 heterocycles. The molecule has 0 bridgehead atoms. The number of carbonyl (C=O) groups is 1. The highest BCUT2D eigenvalue weighted by Crippen LogP contribution is 2.28. The molecule has 2 N–H and O–H groups in total. The first-order chi connectivity index (χ1) is 11.9. The van der Waals surface area contributed by atoms with Gasteiger partial charge in [0.15, 0.2) is 0 Å². The normalized spacial score (nSPS) is 10.8. The Bertz CT molecular complexity index is 1060. The molecule has 2 aromatic carbocycles. The summed E-state index contributed by atoms with van der Waals surface area (Å²) < 4.78 is -0.165. The summed E-state index contributed by atoms with van der Waals surface area (Å²) in [6.45, 7) is 0. The molecule has 3 aromatic rings. The summed E-state index contributed by atoms with van der Waals surface area (Å²) >= 11 is 2.99. The average Bonchev–Trinajstić information content (AvgIpc) is 2.58. The maximum absolute atomic E-state index is 12.7. The van der Waals surface area contributed by atoms with Crippen LogP contribution in [0.1, 0.15) is 21.6 Å². The van der Waals surface area contributed by atoms with Crippen LogP contribution in [0.5, 0.6) is 0 Å². The molecule has 0 saturated carbocycles. The fourth-order valence-corrected chi connectivity index (χ4v) is 3.15. The number of fused-ring (bicyclic) bond motifs is 1. The Morgan fingerprint density at radius 3 is 2.48 bits per heavy atom. The van der Waals surface area contributed by atoms with E-state index in [0.29, 0.717) is 12.0 Å². The van der Waals surface area contributed by atoms with E-state index < -0.39 is 22.0 Å². The summed E-state index contributed by atoms with van der Waals surface area (Å²) in [4.78, 5) is 37.2. The van der Waals surface area contributed by atoms with Crippen LogP contribution in [0.4, 0.5) is 5.69 Å². The minimum absolute atomic E-state index is 0.0935. The average molecular weight is 403 g/mol. The smallest absolute Gasteiger partial charge is 0.353 e. The van der Waals surface area contributed by atoms with Gasteiger partial charge in [0, 0.05) is 6.07 Å². The maximum Gasteiger partial charge on any atom is 0.353 e. The third-order valence-electron chi connectivity index (χ3n) is 3.81. The van der Waals surface area contributed by atoms with E-state index in [1.54, 1.807) is 0 Å². The van der Waals surface area contributed by atoms with E-state index in [9.17, 15) is 24.8 Å². The van der Waals surface area contributed by atoms with Crippen molar-refractivity contribution in [1.29, 1.82) is 0 Å². The molecule has 0 aliphatic heterocycles. The van der Waals surface area contributed by atoms with Crippen LogP contribution in [-0.4, -0.2) is 21.0 Å². The summed E-state index contributed by atoms with van der Waals surface area (Å²) in [5.41, 5.74) is 0.0439. The highest BCUT2D eigenvalue weighted by molar-refractivity contribution is 9.10. The van der Waals surface area contributed by atoms with Crippen molar-refractivity contribution in [3.05, 3.63) is 84.1 Å². The molecule has 0 unspecified atom stereocenters. The molecule has 25 heavy (non-hydrogen) atoms. The van der Waals surface area contributed by atoms with Gasteiger partial charge in [-0.2, -0.15) is 0 Å². The largest absolute Gasteiger partial charge is 0.477 e. The number of nitro groups is 1. The van der Waals surface area contributed by atoms with Crippen molar-refractivity contribution < 1.29 is 14.8 Å². The second-order valence-electron chi connectivity index (χ2n) is 5.36. The van der Waals surface area contributed by atoms with Gasteiger partial charge < -0.3 is 10.1 Å². The van der Waals surface area contributed by atoms with Crippen LogP contribution in [0, 0.1) is 10.1 Å². The first-order valence-electron chi connectivity index (χ1n) is 7.19. The molecule has 0 amide bonds. The summed E-state index contributed by atoms with van der Waals surface area (Å²) in [7, 11) is 0. The predicted octanol–water partition coefficient (Wildman–Crippen LogP) is 3.49. The fourth-order valence-electron chi connectivity index (χ4n) is 2.69. The minimum atomic E-state index is -1.38. The number of hydrogen-bond acceptors (Lipinski definition) is 4. The Labute approximate surface area is 149 Å². The van der Waals surface area contributed by atoms with E-state index in [1.807, 2.05) is 30.3 Å². The number of carboxylic acids is 1. The number of halogens is 1. The van der Waals surface area contributed by atoms with Crippen molar-refractivity contribution in [1.82, 2.24) is 4.98 Å². The van der Waals surface area contributed by atoms with Gasteiger partial charge in [-0.1, -0.05) is 36.4 Å². The van der Waals surface area contributed by atoms with Crippen molar-refractivity contribution in [3.63, 3.8) is 0 Å². The molecule has 8 heteroatoms. The third-order valence-corrected chi connectivity index (χ3v) is 4.57. The zero-order chi connectivity index (χ0) is 18.1. The second-order valence-corrected chi connectivity index (χ2v) is 6.15. The van der Waals surface area contributed by atoms with E-state index in [-0.39, 0.29) is 21.1 Å². The zero-order valence-electron chi connectivity index (χ0n) is 12.7. The van der Waals surface area contributed by atoms with Gasteiger partial charge in [-0.3, -0.25) is 14.9 Å². The van der Waals surface area contributed by atoms with Crippen molar-refractivity contribution in [2.24, 2.45) is 0 Å². The summed E-state index contributed by atoms with van der Waals surface area (Å²) in [6.07, 6.45) is 0.386. The number of rotatable bonds is 4. The molecule has 126 valence electrons. The lowest BCUT2D eigenvalue weighted by Crippen LogP contribution is -2.15. The SMILES string of the molecule is O=C(O)c1[nH]c2c([N+](=O)[O-])ccc(Cc3ccccc3)c2c(=O)c1Br. The van der Waals surface area contributed by atoms with E-state index in [4.69, 9.17) is 0 Å². The van der Waals surface area contributed by atoms with Crippen molar-refractivity contribution in [2.75, 3.05) is 0 Å². The van der Waals surface area contributed by atoms with Crippen LogP contribution in [0.3, 0.4) is 0 Å². The summed E-state index contributed by atoms with van der Waals surface area (Å²) in [5.74, 6) is -1.38. The Kier molecular flexibility index (Phi) is 4.37. The number of nitrogens with zero attached hydrogens (tertiary/aromatic N) is 1. The number of nitrogens with one attached hydrogen (secondary N) is 1. The van der Waals surface area contributed by atoms with Crippen LogP contribution in [0.2, 0.25) is 0 Å². The Hall–Kier alpha value is -3.00. The number of benzene rings is 2. The van der Waals surface area contributed by atoms with E-state index >= 15 is 0 Å². The Balaban J connectivity index is 2.35. The van der Waals surface area contributed by atoms with Gasteiger partial charge in [0.1, 0.15) is 11.2 Å². The Morgan fingerprint density at radius 2 is 1.88 bits per heavy atom. The van der Waals surface area contributed by atoms with Crippen LogP contribution in [0.25, 0.3) is 10.9 Å². The lowest BCUT2D eigenvalue weighted by atomic mass is 9.99. The van der Waals surface area contributed by atoms with Gasteiger partial charge in [-0.25, -0.2) is 4.79 Å². The van der Waals surface area contributed by atoms with Crippen molar-refractivity contribution in [2.45, 2.75) is 6.42 Å². The molecule has 3 rings (SSSR count). The second kappa shape index (κ2) is 6.48. The number of carboxylic acid groups (broad SMARTS) is 1. The topological polar surface area (TPSA) is 113 Å². The predicted molar refractivity (Wildman–Crippen MR) is 95.1 cm³/mol. The molecular weight excluding hydrogens is 392 g/mol. The van der Waals surface area contributed by atoms with Gasteiger partial charge in [-0.15, -0.1) is 0 Å². The number of hydrogen-bond donors (Lipinski definition) is 2. The monoisotopic (exact) mass is 402 g/mol. The van der Waals surface area contributed by atoms with Crippen LogP contribution in [-0.2, 0) is 6.42 Å². The Morgan fingerprint density at radius 1 is 1.20 bits per heavy atom. The van der Waals surface area contributed by atoms with Gasteiger partial charge in [0.05, 0.1) is 14.8 Å². The number of nitro benzene ring substituents is 1. The van der Waals surface area contributed by atoms with Gasteiger partial charge in [-0.05, 0) is 33.5 Å². The fraction of sp³-hybridized carbons (Fsp3) is 0.0588. The van der Waals surface area contributed by atoms with Crippen LogP contribution < -0.4 is 5.43 Å². The molecule has 0 aliphatic rings. The van der Waals surface area contributed by atoms with Crippen LogP contribution >= 0.6 is 15.9 Å². The van der Waals surface area contributed by atoms with E-state index in [1.165, 1.54) is 12.1 Å². The van der Waals surface area contributed by atoms with Gasteiger partial charge in [0.25, 0.3) is 5.69 Å². The molecule has 0 radical (unpaired) electrons. The van der Waals surface area contributed by atoms with E-state index in [2.05, 4.69) is 20.9 Å². The highest BCUT2D eigenvalue weighted by atomic mass is 79.9. The highest BCUT2D eigenvalue weighted by Gasteiger charge is 2.23. The molecule has 0 aliphatic carbocycles. The molecule has 0 fully saturated rings. The number of aromatic nitrogens is 1. The lowest BCUT2D eigenvalue weighted by Gasteiger charge is -2.09. The van der Waals surface area contributed by atoms with Crippen molar-refractivity contribution >= 4 is 38.5 Å². The number of non-ortho nitro benzene ring substituents is 1. The minimum Gasteiger partial charge on any atom is -0.477 e. The third kappa shape index (κ3) is 3.03. The molecular formula is C17H11BrN2O5. The first kappa shape index (κ1) is 16.8. The van der Waals surface area contributed by atoms with Crippen molar-refractivity contribution in [3.8, 4) is 0 Å². The van der Waals surface area contributed by atoms with E-state index in [0.717, 1.165) is 5.56 Å². The standard InChI is InChI=1S/C17H11BrN2O5/c18-13-15(17(22)23)19-14-11(20(24)25)7-6-10(12(14)16(13)21)8-9-4-2-1-3-5-9/h1-7H,8H2,(H,19,21)(H,22,23). The summed E-state index contributed by atoms with van der Waals surface area (Å²) in [5, 5.41) is 20.6. The van der Waals surface area contributed by atoms with Gasteiger partial charge in [0.2, 0.25) is 5.43 Å². The first-order valence-corrected chi connectivity index (χ1v) is 7.98. The number of H-pyrrole nitrogens is 1. The van der Waals surface area contributed by atoms with Crippen LogP contribution in [0.15, 0.2) is 51.7 Å².